The van der Waals surface area contributed by atoms with Crippen molar-refractivity contribution >= 4 is 33.3 Å². The van der Waals surface area contributed by atoms with Crippen molar-refractivity contribution in [3.8, 4) is 5.69 Å². The van der Waals surface area contributed by atoms with Crippen molar-refractivity contribution in [2.45, 2.75) is 45.2 Å². The van der Waals surface area contributed by atoms with Crippen molar-refractivity contribution < 1.29 is 0 Å². The van der Waals surface area contributed by atoms with Gasteiger partial charge in [-0.2, -0.15) is 0 Å². The van der Waals surface area contributed by atoms with E-state index in [0.717, 1.165) is 57.2 Å². The number of hydrogen-bond acceptors (Lipinski definition) is 4. The second-order valence-corrected chi connectivity index (χ2v) is 9.53. The smallest absolute Gasteiger partial charge is 0.267 e. The van der Waals surface area contributed by atoms with Gasteiger partial charge in [-0.05, 0) is 61.8 Å². The molecule has 140 valence electrons. The fraction of sp³-hybridized carbons (Fsp3) is 0.364. The zero-order chi connectivity index (χ0) is 19.1. The monoisotopic (exact) mass is 396 g/mol. The number of thioether (sulfide) groups is 1. The van der Waals surface area contributed by atoms with Crippen LogP contribution in [-0.2, 0) is 12.8 Å². The van der Waals surface area contributed by atoms with Gasteiger partial charge in [0, 0.05) is 10.6 Å². The lowest BCUT2D eigenvalue weighted by atomic mass is 9.89. The molecular formula is C22H24N2OS2. The van der Waals surface area contributed by atoms with E-state index < -0.39 is 0 Å². The van der Waals surface area contributed by atoms with E-state index in [1.54, 1.807) is 23.1 Å². The molecule has 0 aliphatic heterocycles. The first kappa shape index (κ1) is 18.5. The Morgan fingerprint density at radius 2 is 2.22 bits per heavy atom. The van der Waals surface area contributed by atoms with E-state index in [1.165, 1.54) is 10.4 Å². The highest BCUT2D eigenvalue weighted by Crippen LogP contribution is 2.37. The number of nitrogens with zero attached hydrogens (tertiary/aromatic N) is 2. The van der Waals surface area contributed by atoms with Crippen LogP contribution in [0.4, 0.5) is 0 Å². The molecule has 2 heterocycles. The Kier molecular flexibility index (Phi) is 4.99. The number of hydrogen-bond donors (Lipinski definition) is 0. The molecule has 0 saturated carbocycles. The van der Waals surface area contributed by atoms with Gasteiger partial charge < -0.3 is 0 Å². The van der Waals surface area contributed by atoms with Crippen LogP contribution >= 0.6 is 23.1 Å². The maximum absolute atomic E-state index is 13.7. The Morgan fingerprint density at radius 3 is 3.00 bits per heavy atom. The van der Waals surface area contributed by atoms with Crippen LogP contribution in [0.5, 0.6) is 0 Å². The molecule has 1 aliphatic rings. The summed E-state index contributed by atoms with van der Waals surface area (Å²) in [6.45, 7) is 10.2. The number of fused-ring (bicyclic) bond motifs is 3. The van der Waals surface area contributed by atoms with Crippen LogP contribution < -0.4 is 5.56 Å². The van der Waals surface area contributed by atoms with Gasteiger partial charge in [0.1, 0.15) is 4.83 Å². The summed E-state index contributed by atoms with van der Waals surface area (Å²) in [5.41, 5.74) is 4.48. The summed E-state index contributed by atoms with van der Waals surface area (Å²) in [4.78, 5) is 20.9. The molecule has 0 spiro atoms. The molecule has 3 nitrogen and oxygen atoms in total. The summed E-state index contributed by atoms with van der Waals surface area (Å²) < 4.78 is 1.82. The number of benzene rings is 1. The van der Waals surface area contributed by atoms with Gasteiger partial charge in [0.05, 0.1) is 11.1 Å². The largest absolute Gasteiger partial charge is 0.268 e. The lowest BCUT2D eigenvalue weighted by molar-refractivity contribution is 0.509. The van der Waals surface area contributed by atoms with Crippen LogP contribution in [-0.4, -0.2) is 15.3 Å². The fourth-order valence-corrected chi connectivity index (χ4v) is 5.94. The van der Waals surface area contributed by atoms with Crippen LogP contribution in [0.2, 0.25) is 0 Å². The average molecular weight is 397 g/mol. The van der Waals surface area contributed by atoms with E-state index in [1.807, 2.05) is 10.6 Å². The van der Waals surface area contributed by atoms with Crippen LogP contribution in [0.15, 0.2) is 40.8 Å². The van der Waals surface area contributed by atoms with Crippen molar-refractivity contribution in [3.05, 3.63) is 62.8 Å². The Bertz CT molecular complexity index is 1090. The number of thiophene rings is 1. The lowest BCUT2D eigenvalue weighted by Crippen LogP contribution is -2.23. The van der Waals surface area contributed by atoms with Crippen LogP contribution in [0.3, 0.4) is 0 Å². The fourth-order valence-electron chi connectivity index (χ4n) is 3.77. The minimum absolute atomic E-state index is 0.0762. The molecule has 0 radical (unpaired) electrons. The topological polar surface area (TPSA) is 34.9 Å². The van der Waals surface area contributed by atoms with E-state index in [0.29, 0.717) is 5.92 Å². The van der Waals surface area contributed by atoms with Crippen molar-refractivity contribution in [2.75, 3.05) is 5.75 Å². The molecule has 0 saturated heterocycles. The minimum Gasteiger partial charge on any atom is -0.268 e. The van der Waals surface area contributed by atoms with Crippen molar-refractivity contribution in [2.24, 2.45) is 5.92 Å². The molecule has 0 bridgehead atoms. The Hall–Kier alpha value is -1.85. The third-order valence-electron chi connectivity index (χ3n) is 5.23. The van der Waals surface area contributed by atoms with Crippen molar-refractivity contribution in [3.63, 3.8) is 0 Å². The number of aryl methyl sites for hydroxylation is 3. The highest BCUT2D eigenvalue weighted by molar-refractivity contribution is 7.99. The molecule has 27 heavy (non-hydrogen) atoms. The van der Waals surface area contributed by atoms with E-state index in [4.69, 9.17) is 4.98 Å². The zero-order valence-electron chi connectivity index (χ0n) is 16.0. The summed E-state index contributed by atoms with van der Waals surface area (Å²) in [5.74, 6) is 1.41. The molecule has 5 heteroatoms. The van der Waals surface area contributed by atoms with E-state index in [2.05, 4.69) is 45.5 Å². The maximum Gasteiger partial charge on any atom is 0.267 e. The van der Waals surface area contributed by atoms with Gasteiger partial charge in [-0.25, -0.2) is 4.98 Å². The molecule has 1 atom stereocenters. The second-order valence-electron chi connectivity index (χ2n) is 7.46. The highest BCUT2D eigenvalue weighted by Gasteiger charge is 2.25. The SMILES string of the molecule is C=CCSc1nc2sc3c(c2c(=O)n1-c1cc(C)ccc1C)CC[C@H](C)C3. The standard InChI is InChI=1S/C22H24N2OS2/c1-5-10-26-22-23-20-19(16-9-7-14(3)12-18(16)27-20)21(25)24(22)17-11-13(2)6-8-15(17)4/h5-6,8,11,14H,1,7,9-10,12H2,2-4H3/t14-/m0/s1. The van der Waals surface area contributed by atoms with Gasteiger partial charge in [-0.1, -0.05) is 36.9 Å². The summed E-state index contributed by atoms with van der Waals surface area (Å²) in [7, 11) is 0. The predicted molar refractivity (Wildman–Crippen MR) is 117 cm³/mol. The Balaban J connectivity index is 2.03. The third kappa shape index (κ3) is 3.27. The first-order valence-electron chi connectivity index (χ1n) is 9.38. The van der Waals surface area contributed by atoms with Gasteiger partial charge in [-0.3, -0.25) is 9.36 Å². The normalized spacial score (nSPS) is 16.5. The number of aromatic nitrogens is 2. The Morgan fingerprint density at radius 1 is 1.41 bits per heavy atom. The van der Waals surface area contributed by atoms with Gasteiger partial charge in [0.2, 0.25) is 0 Å². The molecule has 0 N–H and O–H groups in total. The molecule has 1 aliphatic carbocycles. The second kappa shape index (κ2) is 7.28. The number of rotatable bonds is 4. The van der Waals surface area contributed by atoms with Gasteiger partial charge >= 0.3 is 0 Å². The van der Waals surface area contributed by atoms with Gasteiger partial charge in [0.15, 0.2) is 5.16 Å². The average Bonchev–Trinajstić information content (AvgIpc) is 2.99. The molecule has 0 unspecified atom stereocenters. The van der Waals surface area contributed by atoms with Crippen LogP contribution in [0, 0.1) is 19.8 Å². The highest BCUT2D eigenvalue weighted by atomic mass is 32.2. The lowest BCUT2D eigenvalue weighted by Gasteiger charge is -2.18. The Labute approximate surface area is 168 Å². The first-order chi connectivity index (χ1) is 13.0. The van der Waals surface area contributed by atoms with E-state index in [-0.39, 0.29) is 5.56 Å². The quantitative estimate of drug-likeness (QED) is 0.333. The van der Waals surface area contributed by atoms with Crippen molar-refractivity contribution in [1.29, 1.82) is 0 Å². The van der Waals surface area contributed by atoms with Crippen molar-refractivity contribution in [1.82, 2.24) is 9.55 Å². The summed E-state index contributed by atoms with van der Waals surface area (Å²) in [6.07, 6.45) is 5.05. The first-order valence-corrected chi connectivity index (χ1v) is 11.2. The van der Waals surface area contributed by atoms with Crippen LogP contribution in [0.25, 0.3) is 15.9 Å². The molecule has 1 aromatic carbocycles. The molecule has 0 fully saturated rings. The maximum atomic E-state index is 13.7. The molecule has 3 aromatic rings. The zero-order valence-corrected chi connectivity index (χ0v) is 17.7. The molecule has 0 amide bonds. The minimum atomic E-state index is 0.0762. The summed E-state index contributed by atoms with van der Waals surface area (Å²) >= 11 is 3.29. The van der Waals surface area contributed by atoms with E-state index in [9.17, 15) is 4.79 Å². The summed E-state index contributed by atoms with van der Waals surface area (Å²) in [5, 5.41) is 1.60. The molecule has 4 rings (SSSR count). The summed E-state index contributed by atoms with van der Waals surface area (Å²) in [6, 6.07) is 6.25. The molecule has 2 aromatic heterocycles. The predicted octanol–water partition coefficient (Wildman–Crippen LogP) is 5.47. The van der Waals surface area contributed by atoms with Crippen LogP contribution in [0.1, 0.15) is 34.9 Å². The van der Waals surface area contributed by atoms with Gasteiger partial charge in [0.25, 0.3) is 5.56 Å². The van der Waals surface area contributed by atoms with E-state index >= 15 is 0 Å². The molecular weight excluding hydrogens is 372 g/mol. The van der Waals surface area contributed by atoms with Gasteiger partial charge in [-0.15, -0.1) is 17.9 Å². The third-order valence-corrected chi connectivity index (χ3v) is 7.32.